The lowest BCUT2D eigenvalue weighted by molar-refractivity contribution is -0.113. The van der Waals surface area contributed by atoms with Gasteiger partial charge in [0.1, 0.15) is 11.5 Å². The summed E-state index contributed by atoms with van der Waals surface area (Å²) in [6.45, 7) is 0. The highest BCUT2D eigenvalue weighted by atomic mass is 35.5. The van der Waals surface area contributed by atoms with Gasteiger partial charge in [-0.25, -0.2) is 0 Å². The van der Waals surface area contributed by atoms with Gasteiger partial charge < -0.3 is 15.2 Å². The van der Waals surface area contributed by atoms with E-state index in [2.05, 4.69) is 5.32 Å². The molecule has 0 aromatic heterocycles. The topological polar surface area (TPSA) is 58.6 Å². The van der Waals surface area contributed by atoms with Crippen molar-refractivity contribution in [3.05, 3.63) is 47.5 Å². The first kappa shape index (κ1) is 15.5. The van der Waals surface area contributed by atoms with Crippen LogP contribution in [0, 0.1) is 0 Å². The predicted octanol–water partition coefficient (Wildman–Crippen LogP) is 3.79. The second kappa shape index (κ2) is 7.24. The van der Waals surface area contributed by atoms with Crippen molar-refractivity contribution in [3.63, 3.8) is 0 Å². The molecule has 0 aliphatic heterocycles. The van der Waals surface area contributed by atoms with Gasteiger partial charge in [-0.05, 0) is 42.5 Å². The van der Waals surface area contributed by atoms with Crippen molar-refractivity contribution in [2.75, 3.05) is 18.2 Å². The second-order valence-corrected chi connectivity index (χ2v) is 5.66. The molecule has 0 saturated carbocycles. The number of phenolic OH excluding ortho intramolecular Hbond substituents is 1. The number of carbonyl (C=O) groups excluding carboxylic acids is 1. The highest BCUT2D eigenvalue weighted by Gasteiger charge is 2.09. The van der Waals surface area contributed by atoms with Gasteiger partial charge in [-0.1, -0.05) is 11.6 Å². The van der Waals surface area contributed by atoms with Crippen LogP contribution < -0.4 is 10.1 Å². The van der Waals surface area contributed by atoms with Gasteiger partial charge in [-0.3, -0.25) is 4.79 Å². The number of hydrogen-bond donors (Lipinski definition) is 2. The largest absolute Gasteiger partial charge is 0.508 e. The molecule has 0 aliphatic rings. The monoisotopic (exact) mass is 323 g/mol. The molecule has 0 radical (unpaired) electrons. The summed E-state index contributed by atoms with van der Waals surface area (Å²) >= 11 is 7.29. The Labute approximate surface area is 132 Å². The molecule has 0 bridgehead atoms. The third-order valence-electron chi connectivity index (χ3n) is 2.64. The zero-order valence-corrected chi connectivity index (χ0v) is 12.9. The number of anilines is 1. The fourth-order valence-electron chi connectivity index (χ4n) is 1.66. The van der Waals surface area contributed by atoms with Crippen molar-refractivity contribution < 1.29 is 14.6 Å². The molecule has 0 atom stereocenters. The summed E-state index contributed by atoms with van der Waals surface area (Å²) in [5.41, 5.74) is 0.543. The van der Waals surface area contributed by atoms with Crippen LogP contribution in [-0.4, -0.2) is 23.9 Å². The Morgan fingerprint density at radius 2 is 2.00 bits per heavy atom. The van der Waals surface area contributed by atoms with Crippen LogP contribution in [0.2, 0.25) is 5.02 Å². The molecule has 4 nitrogen and oxygen atoms in total. The highest BCUT2D eigenvalue weighted by Crippen LogP contribution is 2.28. The van der Waals surface area contributed by atoms with E-state index in [1.54, 1.807) is 42.5 Å². The summed E-state index contributed by atoms with van der Waals surface area (Å²) in [6.07, 6.45) is 0. The van der Waals surface area contributed by atoms with E-state index in [0.717, 1.165) is 4.90 Å². The van der Waals surface area contributed by atoms with Crippen LogP contribution >= 0.6 is 23.4 Å². The first-order chi connectivity index (χ1) is 10.1. The average molecular weight is 324 g/mol. The second-order valence-electron chi connectivity index (χ2n) is 4.18. The van der Waals surface area contributed by atoms with Gasteiger partial charge in [0.2, 0.25) is 5.91 Å². The molecule has 0 aliphatic carbocycles. The maximum absolute atomic E-state index is 12.0. The highest BCUT2D eigenvalue weighted by molar-refractivity contribution is 8.00. The summed E-state index contributed by atoms with van der Waals surface area (Å²) < 4.78 is 5.17. The maximum atomic E-state index is 12.0. The fraction of sp³-hybridized carbons (Fsp3) is 0.133. The molecular formula is C15H14ClNO3S. The number of halogens is 1. The summed E-state index contributed by atoms with van der Waals surface area (Å²) in [6, 6.07) is 11.7. The lowest BCUT2D eigenvalue weighted by Gasteiger charge is -2.10. The van der Waals surface area contributed by atoms with Gasteiger partial charge in [0.25, 0.3) is 0 Å². The minimum Gasteiger partial charge on any atom is -0.508 e. The van der Waals surface area contributed by atoms with Crippen LogP contribution in [0.15, 0.2) is 47.4 Å². The third-order valence-corrected chi connectivity index (χ3v) is 3.89. The molecule has 21 heavy (non-hydrogen) atoms. The number of nitrogens with one attached hydrogen (secondary N) is 1. The molecule has 0 fully saturated rings. The molecule has 1 amide bonds. The molecule has 2 N–H and O–H groups in total. The van der Waals surface area contributed by atoms with Crippen molar-refractivity contribution >= 4 is 35.0 Å². The van der Waals surface area contributed by atoms with Crippen molar-refractivity contribution in [2.45, 2.75) is 4.90 Å². The molecule has 110 valence electrons. The van der Waals surface area contributed by atoms with E-state index >= 15 is 0 Å². The van der Waals surface area contributed by atoms with Crippen molar-refractivity contribution in [3.8, 4) is 11.5 Å². The number of benzene rings is 2. The number of carbonyl (C=O) groups is 1. The summed E-state index contributed by atoms with van der Waals surface area (Å²) in [7, 11) is 1.53. The number of amides is 1. The van der Waals surface area contributed by atoms with Crippen LogP contribution in [0.1, 0.15) is 0 Å². The summed E-state index contributed by atoms with van der Waals surface area (Å²) in [5.74, 6) is 0.851. The minimum atomic E-state index is -0.159. The van der Waals surface area contributed by atoms with Gasteiger partial charge in [-0.15, -0.1) is 11.8 Å². The number of hydrogen-bond acceptors (Lipinski definition) is 4. The van der Waals surface area contributed by atoms with Crippen molar-refractivity contribution in [1.82, 2.24) is 0 Å². The smallest absolute Gasteiger partial charge is 0.234 e. The van der Waals surface area contributed by atoms with Gasteiger partial charge in [-0.2, -0.15) is 0 Å². The van der Waals surface area contributed by atoms with Gasteiger partial charge in [0.15, 0.2) is 0 Å². The van der Waals surface area contributed by atoms with E-state index in [4.69, 9.17) is 16.3 Å². The average Bonchev–Trinajstić information content (AvgIpc) is 2.47. The quantitative estimate of drug-likeness (QED) is 0.822. The standard InChI is InChI=1S/C15H14ClNO3S/c1-20-14-7-2-10(16)8-13(14)17-15(19)9-21-12-5-3-11(18)4-6-12/h2-8,18H,9H2,1H3,(H,17,19). The Hall–Kier alpha value is -1.85. The Kier molecular flexibility index (Phi) is 5.36. The molecule has 6 heteroatoms. The molecule has 0 saturated heterocycles. The number of thioether (sulfide) groups is 1. The fourth-order valence-corrected chi connectivity index (χ4v) is 2.53. The lowest BCUT2D eigenvalue weighted by atomic mass is 10.3. The Morgan fingerprint density at radius 1 is 1.29 bits per heavy atom. The van der Waals surface area contributed by atoms with Crippen LogP contribution in [0.25, 0.3) is 0 Å². The molecular weight excluding hydrogens is 310 g/mol. The number of phenols is 1. The number of methoxy groups -OCH3 is 1. The molecule has 0 heterocycles. The summed E-state index contributed by atoms with van der Waals surface area (Å²) in [5, 5.41) is 12.5. The van der Waals surface area contributed by atoms with E-state index in [-0.39, 0.29) is 17.4 Å². The zero-order chi connectivity index (χ0) is 15.2. The maximum Gasteiger partial charge on any atom is 0.234 e. The van der Waals surface area contributed by atoms with Gasteiger partial charge in [0, 0.05) is 9.92 Å². The SMILES string of the molecule is COc1ccc(Cl)cc1NC(=O)CSc1ccc(O)cc1. The number of rotatable bonds is 5. The lowest BCUT2D eigenvalue weighted by Crippen LogP contribution is -2.14. The van der Waals surface area contributed by atoms with E-state index < -0.39 is 0 Å². The number of aromatic hydroxyl groups is 1. The Morgan fingerprint density at radius 3 is 2.67 bits per heavy atom. The van der Waals surface area contributed by atoms with Crippen LogP contribution in [-0.2, 0) is 4.79 Å². The zero-order valence-electron chi connectivity index (χ0n) is 11.3. The third kappa shape index (κ3) is 4.58. The van der Waals surface area contributed by atoms with E-state index in [9.17, 15) is 9.90 Å². The predicted molar refractivity (Wildman–Crippen MR) is 85.5 cm³/mol. The molecule has 2 aromatic carbocycles. The van der Waals surface area contributed by atoms with Crippen molar-refractivity contribution in [1.29, 1.82) is 0 Å². The Bertz CT molecular complexity index is 631. The molecule has 2 rings (SSSR count). The number of ether oxygens (including phenoxy) is 1. The van der Waals surface area contributed by atoms with Crippen LogP contribution in [0.4, 0.5) is 5.69 Å². The minimum absolute atomic E-state index is 0.159. The van der Waals surface area contributed by atoms with Crippen LogP contribution in [0.3, 0.4) is 0 Å². The van der Waals surface area contributed by atoms with E-state index in [1.165, 1.54) is 18.9 Å². The first-order valence-electron chi connectivity index (χ1n) is 6.13. The van der Waals surface area contributed by atoms with E-state index in [0.29, 0.717) is 16.5 Å². The first-order valence-corrected chi connectivity index (χ1v) is 7.50. The van der Waals surface area contributed by atoms with E-state index in [1.807, 2.05) is 0 Å². The molecule has 0 unspecified atom stereocenters. The molecule has 0 spiro atoms. The Balaban J connectivity index is 1.95. The van der Waals surface area contributed by atoms with Gasteiger partial charge >= 0.3 is 0 Å². The normalized spacial score (nSPS) is 10.2. The summed E-state index contributed by atoms with van der Waals surface area (Å²) in [4.78, 5) is 12.9. The van der Waals surface area contributed by atoms with Crippen molar-refractivity contribution in [2.24, 2.45) is 0 Å². The van der Waals surface area contributed by atoms with Gasteiger partial charge in [0.05, 0.1) is 18.6 Å². The molecule has 2 aromatic rings. The van der Waals surface area contributed by atoms with Crippen LogP contribution in [0.5, 0.6) is 11.5 Å².